The van der Waals surface area contributed by atoms with E-state index in [1.54, 1.807) is 13.0 Å². The quantitative estimate of drug-likeness (QED) is 0.179. The predicted molar refractivity (Wildman–Crippen MR) is 124 cm³/mol. The number of esters is 1. The lowest BCUT2D eigenvalue weighted by atomic mass is 10.1. The zero-order chi connectivity index (χ0) is 24.2. The molecular formula is C21H16F3N3O4S2. The molecule has 0 saturated heterocycles. The number of anilines is 2. The molecule has 3 rings (SSSR count). The van der Waals surface area contributed by atoms with Crippen molar-refractivity contribution in [2.45, 2.75) is 13.1 Å². The van der Waals surface area contributed by atoms with E-state index in [9.17, 15) is 28.1 Å². The Kier molecular flexibility index (Phi) is 7.29. The molecule has 172 valence electrons. The standard InChI is InChI=1S/C21H16F3N3O4S2/c1-2-31-19(28)14-11-17(12-6-4-3-5-7-12)33-18(14)26-20(32)25-16-9-8-13(27(29)30)10-15(16)21(22,23)24/h3-11H,2H2,1H3,(H2,25,26,32). The first-order valence-corrected chi connectivity index (χ1v) is 10.6. The van der Waals surface area contributed by atoms with E-state index in [0.717, 1.165) is 22.6 Å². The number of halogens is 3. The van der Waals surface area contributed by atoms with Crippen LogP contribution in [0.15, 0.2) is 54.6 Å². The number of rotatable bonds is 6. The molecule has 0 unspecified atom stereocenters. The van der Waals surface area contributed by atoms with Crippen LogP contribution in [0, 0.1) is 10.1 Å². The summed E-state index contributed by atoms with van der Waals surface area (Å²) in [6.07, 6.45) is -4.86. The highest BCUT2D eigenvalue weighted by atomic mass is 32.1. The van der Waals surface area contributed by atoms with Crippen molar-refractivity contribution in [1.82, 2.24) is 0 Å². The molecule has 0 aliphatic heterocycles. The maximum atomic E-state index is 13.4. The van der Waals surface area contributed by atoms with Crippen LogP contribution in [0.5, 0.6) is 0 Å². The van der Waals surface area contributed by atoms with Crippen LogP contribution in [0.4, 0.5) is 29.5 Å². The van der Waals surface area contributed by atoms with Gasteiger partial charge in [-0.05, 0) is 36.8 Å². The van der Waals surface area contributed by atoms with Crippen molar-refractivity contribution in [3.05, 3.63) is 75.8 Å². The lowest BCUT2D eigenvalue weighted by Gasteiger charge is -2.15. The lowest BCUT2D eigenvalue weighted by Crippen LogP contribution is -2.22. The number of benzene rings is 2. The number of hydrogen-bond acceptors (Lipinski definition) is 6. The van der Waals surface area contributed by atoms with Crippen molar-refractivity contribution in [2.24, 2.45) is 0 Å². The Hall–Kier alpha value is -3.51. The minimum absolute atomic E-state index is 0.134. The number of ether oxygens (including phenoxy) is 1. The fraction of sp³-hybridized carbons (Fsp3) is 0.143. The number of hydrogen-bond donors (Lipinski definition) is 2. The normalized spacial score (nSPS) is 11.0. The van der Waals surface area contributed by atoms with E-state index in [4.69, 9.17) is 17.0 Å². The minimum Gasteiger partial charge on any atom is -0.462 e. The van der Waals surface area contributed by atoms with Crippen molar-refractivity contribution in [1.29, 1.82) is 0 Å². The molecule has 12 heteroatoms. The van der Waals surface area contributed by atoms with E-state index in [-0.39, 0.29) is 22.3 Å². The molecule has 0 radical (unpaired) electrons. The molecule has 2 aromatic carbocycles. The van der Waals surface area contributed by atoms with Crippen molar-refractivity contribution in [3.63, 3.8) is 0 Å². The predicted octanol–water partition coefficient (Wildman–Crippen LogP) is 6.33. The van der Waals surface area contributed by atoms with Crippen LogP contribution in [0.2, 0.25) is 0 Å². The summed E-state index contributed by atoms with van der Waals surface area (Å²) in [6, 6.07) is 13.1. The minimum atomic E-state index is -4.86. The molecule has 0 saturated carbocycles. The summed E-state index contributed by atoms with van der Waals surface area (Å²) in [5, 5.41) is 16.1. The largest absolute Gasteiger partial charge is 0.462 e. The van der Waals surface area contributed by atoms with E-state index >= 15 is 0 Å². The van der Waals surface area contributed by atoms with E-state index in [2.05, 4.69) is 10.6 Å². The highest BCUT2D eigenvalue weighted by molar-refractivity contribution is 7.80. The van der Waals surface area contributed by atoms with Gasteiger partial charge in [0.2, 0.25) is 0 Å². The number of nitro groups is 1. The highest BCUT2D eigenvalue weighted by Gasteiger charge is 2.35. The zero-order valence-electron chi connectivity index (χ0n) is 16.9. The number of nitrogens with zero attached hydrogens (tertiary/aromatic N) is 1. The van der Waals surface area contributed by atoms with Crippen LogP contribution in [0.1, 0.15) is 22.8 Å². The van der Waals surface area contributed by atoms with Gasteiger partial charge < -0.3 is 15.4 Å². The topological polar surface area (TPSA) is 93.5 Å². The second-order valence-corrected chi connectivity index (χ2v) is 7.96. The van der Waals surface area contributed by atoms with Crippen molar-refractivity contribution >= 4 is 51.0 Å². The molecular weight excluding hydrogens is 479 g/mol. The second-order valence-electron chi connectivity index (χ2n) is 6.50. The van der Waals surface area contributed by atoms with Gasteiger partial charge in [0, 0.05) is 17.0 Å². The highest BCUT2D eigenvalue weighted by Crippen LogP contribution is 2.38. The molecule has 0 fully saturated rings. The fourth-order valence-corrected chi connectivity index (χ4v) is 4.17. The Balaban J connectivity index is 1.91. The summed E-state index contributed by atoms with van der Waals surface area (Å²) in [5.74, 6) is -0.618. The number of nitro benzene ring substituents is 1. The van der Waals surface area contributed by atoms with E-state index in [1.807, 2.05) is 30.3 Å². The van der Waals surface area contributed by atoms with Crippen LogP contribution < -0.4 is 10.6 Å². The van der Waals surface area contributed by atoms with Crippen LogP contribution in [0.3, 0.4) is 0 Å². The van der Waals surface area contributed by atoms with Crippen molar-refractivity contribution in [3.8, 4) is 10.4 Å². The van der Waals surface area contributed by atoms with Crippen LogP contribution >= 0.6 is 23.6 Å². The van der Waals surface area contributed by atoms with Crippen molar-refractivity contribution < 1.29 is 27.6 Å². The van der Waals surface area contributed by atoms with Gasteiger partial charge in [0.1, 0.15) is 5.00 Å². The maximum Gasteiger partial charge on any atom is 0.418 e. The van der Waals surface area contributed by atoms with Crippen molar-refractivity contribution in [2.75, 3.05) is 17.2 Å². The summed E-state index contributed by atoms with van der Waals surface area (Å²) >= 11 is 6.32. The van der Waals surface area contributed by atoms with Gasteiger partial charge >= 0.3 is 12.1 Å². The van der Waals surface area contributed by atoms with Gasteiger partial charge in [-0.15, -0.1) is 11.3 Å². The van der Waals surface area contributed by atoms with Crippen LogP contribution in [-0.4, -0.2) is 22.6 Å². The van der Waals surface area contributed by atoms with Gasteiger partial charge in [-0.1, -0.05) is 30.3 Å². The molecule has 0 spiro atoms. The maximum absolute atomic E-state index is 13.4. The van der Waals surface area contributed by atoms with Gasteiger partial charge in [-0.2, -0.15) is 13.2 Å². The lowest BCUT2D eigenvalue weighted by molar-refractivity contribution is -0.385. The Morgan fingerprint density at radius 1 is 1.15 bits per heavy atom. The SMILES string of the molecule is CCOC(=O)c1cc(-c2ccccc2)sc1NC(=S)Nc1ccc([N+](=O)[O-])cc1C(F)(F)F. The molecule has 0 aliphatic carbocycles. The van der Waals surface area contributed by atoms with Gasteiger partial charge in [0.05, 0.1) is 28.3 Å². The third kappa shape index (κ3) is 5.84. The number of carbonyl (C=O) groups is 1. The number of thiophene rings is 1. The molecule has 1 heterocycles. The summed E-state index contributed by atoms with van der Waals surface area (Å²) in [7, 11) is 0. The first kappa shape index (κ1) is 24.1. The monoisotopic (exact) mass is 495 g/mol. The van der Waals surface area contributed by atoms with E-state index < -0.39 is 34.0 Å². The van der Waals surface area contributed by atoms with Gasteiger partial charge in [0.15, 0.2) is 5.11 Å². The summed E-state index contributed by atoms with van der Waals surface area (Å²) < 4.78 is 45.4. The zero-order valence-corrected chi connectivity index (χ0v) is 18.6. The Labute approximate surface area is 195 Å². The van der Waals surface area contributed by atoms with Gasteiger partial charge in [-0.3, -0.25) is 10.1 Å². The smallest absolute Gasteiger partial charge is 0.418 e. The molecule has 0 bridgehead atoms. The van der Waals surface area contributed by atoms with E-state index in [0.29, 0.717) is 6.07 Å². The summed E-state index contributed by atoms with van der Waals surface area (Å²) in [5.41, 5.74) is -1.42. The molecule has 3 aromatic rings. The average Bonchev–Trinajstić information content (AvgIpc) is 3.17. The van der Waals surface area contributed by atoms with Crippen LogP contribution in [0.25, 0.3) is 10.4 Å². The number of alkyl halides is 3. The molecule has 0 amide bonds. The van der Waals surface area contributed by atoms with Gasteiger partial charge in [-0.25, -0.2) is 4.79 Å². The number of nitrogens with one attached hydrogen (secondary N) is 2. The fourth-order valence-electron chi connectivity index (χ4n) is 2.84. The number of carbonyl (C=O) groups excluding carboxylic acids is 1. The van der Waals surface area contributed by atoms with Crippen LogP contribution in [-0.2, 0) is 10.9 Å². The molecule has 0 atom stereocenters. The third-order valence-electron chi connectivity index (χ3n) is 4.28. The molecule has 1 aromatic heterocycles. The second kappa shape index (κ2) is 9.96. The van der Waals surface area contributed by atoms with E-state index in [1.165, 1.54) is 11.3 Å². The molecule has 33 heavy (non-hydrogen) atoms. The average molecular weight is 496 g/mol. The summed E-state index contributed by atoms with van der Waals surface area (Å²) in [4.78, 5) is 23.1. The first-order chi connectivity index (χ1) is 15.6. The Bertz CT molecular complexity index is 1200. The molecule has 7 nitrogen and oxygen atoms in total. The number of non-ortho nitro benzene ring substituents is 1. The molecule has 2 N–H and O–H groups in total. The Morgan fingerprint density at radius 3 is 2.45 bits per heavy atom. The van der Waals surface area contributed by atoms with Gasteiger partial charge in [0.25, 0.3) is 5.69 Å². The molecule has 0 aliphatic rings. The first-order valence-electron chi connectivity index (χ1n) is 9.40. The Morgan fingerprint density at radius 2 is 1.85 bits per heavy atom. The summed E-state index contributed by atoms with van der Waals surface area (Å²) in [6.45, 7) is 1.78. The number of thiocarbonyl (C=S) groups is 1. The third-order valence-corrected chi connectivity index (χ3v) is 5.58.